The lowest BCUT2D eigenvalue weighted by Gasteiger charge is -2.19. The highest BCUT2D eigenvalue weighted by atomic mass is 32.1. The predicted molar refractivity (Wildman–Crippen MR) is 110 cm³/mol. The molecule has 0 spiro atoms. The van der Waals surface area contributed by atoms with Crippen LogP contribution >= 0.6 is 11.3 Å². The van der Waals surface area contributed by atoms with Crippen LogP contribution in [0.4, 0.5) is 0 Å². The van der Waals surface area contributed by atoms with Gasteiger partial charge in [0.05, 0.1) is 5.39 Å². The third-order valence-corrected chi connectivity index (χ3v) is 4.97. The summed E-state index contributed by atoms with van der Waals surface area (Å²) in [5.41, 5.74) is 3.27. The molecule has 0 N–H and O–H groups in total. The smallest absolute Gasteiger partial charge is 0.261 e. The molecule has 2 heterocycles. The molecule has 0 aliphatic rings. The zero-order chi connectivity index (χ0) is 19.2. The SMILES string of the molecule is C=CCN(CC=C)C(=O)COc1ncnc2scc(-c3ccc(C)cc3)c12. The first-order chi connectivity index (χ1) is 13.1. The molecule has 1 aromatic carbocycles. The van der Waals surface area contributed by atoms with Gasteiger partial charge in [-0.2, -0.15) is 0 Å². The highest BCUT2D eigenvalue weighted by Crippen LogP contribution is 2.37. The van der Waals surface area contributed by atoms with Crippen LogP contribution in [0.3, 0.4) is 0 Å². The maximum absolute atomic E-state index is 12.4. The molecule has 0 atom stereocenters. The molecule has 0 bridgehead atoms. The van der Waals surface area contributed by atoms with E-state index >= 15 is 0 Å². The second-order valence-electron chi connectivity index (χ2n) is 6.04. The lowest BCUT2D eigenvalue weighted by atomic mass is 10.0. The van der Waals surface area contributed by atoms with Gasteiger partial charge in [-0.25, -0.2) is 9.97 Å². The van der Waals surface area contributed by atoms with Crippen molar-refractivity contribution < 1.29 is 9.53 Å². The Kier molecular flexibility index (Phi) is 5.98. The third-order valence-electron chi connectivity index (χ3n) is 4.08. The van der Waals surface area contributed by atoms with E-state index in [2.05, 4.69) is 54.3 Å². The van der Waals surface area contributed by atoms with Crippen LogP contribution in [-0.4, -0.2) is 40.5 Å². The van der Waals surface area contributed by atoms with E-state index in [1.807, 2.05) is 5.38 Å². The van der Waals surface area contributed by atoms with E-state index in [1.165, 1.54) is 23.2 Å². The van der Waals surface area contributed by atoms with Gasteiger partial charge in [-0.1, -0.05) is 42.0 Å². The van der Waals surface area contributed by atoms with E-state index in [0.717, 1.165) is 21.3 Å². The number of benzene rings is 1. The summed E-state index contributed by atoms with van der Waals surface area (Å²) in [6.07, 6.45) is 4.82. The first-order valence-electron chi connectivity index (χ1n) is 8.55. The molecule has 5 nitrogen and oxygen atoms in total. The zero-order valence-electron chi connectivity index (χ0n) is 15.2. The maximum Gasteiger partial charge on any atom is 0.261 e. The Bertz CT molecular complexity index is 953. The predicted octanol–water partition coefficient (Wildman–Crippen LogP) is 4.25. The highest BCUT2D eigenvalue weighted by molar-refractivity contribution is 7.17. The van der Waals surface area contributed by atoms with E-state index in [-0.39, 0.29) is 12.5 Å². The third kappa shape index (κ3) is 4.23. The van der Waals surface area contributed by atoms with Crippen molar-refractivity contribution in [3.63, 3.8) is 0 Å². The summed E-state index contributed by atoms with van der Waals surface area (Å²) in [7, 11) is 0. The number of aromatic nitrogens is 2. The van der Waals surface area contributed by atoms with Crippen molar-refractivity contribution in [2.24, 2.45) is 0 Å². The fourth-order valence-electron chi connectivity index (χ4n) is 2.71. The largest absolute Gasteiger partial charge is 0.467 e. The van der Waals surface area contributed by atoms with Crippen molar-refractivity contribution in [2.75, 3.05) is 19.7 Å². The number of ether oxygens (including phenoxy) is 1. The lowest BCUT2D eigenvalue weighted by molar-refractivity contribution is -0.132. The van der Waals surface area contributed by atoms with Gasteiger partial charge in [0, 0.05) is 24.0 Å². The average molecular weight is 379 g/mol. The van der Waals surface area contributed by atoms with Gasteiger partial charge in [-0.15, -0.1) is 24.5 Å². The van der Waals surface area contributed by atoms with Gasteiger partial charge in [-0.3, -0.25) is 4.79 Å². The van der Waals surface area contributed by atoms with Crippen LogP contribution in [0, 0.1) is 6.92 Å². The van der Waals surface area contributed by atoms with Crippen molar-refractivity contribution in [3.8, 4) is 17.0 Å². The molecule has 3 aromatic rings. The molecule has 0 fully saturated rings. The first kappa shape index (κ1) is 18.8. The van der Waals surface area contributed by atoms with Crippen LogP contribution in [0.25, 0.3) is 21.3 Å². The minimum absolute atomic E-state index is 0.100. The van der Waals surface area contributed by atoms with E-state index < -0.39 is 0 Å². The first-order valence-corrected chi connectivity index (χ1v) is 9.43. The van der Waals surface area contributed by atoms with Crippen LogP contribution in [-0.2, 0) is 4.79 Å². The van der Waals surface area contributed by atoms with Gasteiger partial charge in [0.15, 0.2) is 6.61 Å². The fraction of sp³-hybridized carbons (Fsp3) is 0.190. The summed E-state index contributed by atoms with van der Waals surface area (Å²) in [6.45, 7) is 10.2. The Labute approximate surface area is 162 Å². The Hall–Kier alpha value is -2.99. The van der Waals surface area contributed by atoms with E-state index in [1.54, 1.807) is 17.1 Å². The summed E-state index contributed by atoms with van der Waals surface area (Å²) >= 11 is 1.53. The minimum Gasteiger partial charge on any atom is -0.467 e. The zero-order valence-corrected chi connectivity index (χ0v) is 16.0. The summed E-state index contributed by atoms with van der Waals surface area (Å²) in [6, 6.07) is 8.26. The Morgan fingerprint density at radius 2 is 1.89 bits per heavy atom. The van der Waals surface area contributed by atoms with Gasteiger partial charge in [-0.05, 0) is 12.5 Å². The van der Waals surface area contributed by atoms with E-state index in [9.17, 15) is 4.79 Å². The number of carbonyl (C=O) groups excluding carboxylic acids is 1. The van der Waals surface area contributed by atoms with E-state index in [4.69, 9.17) is 4.74 Å². The van der Waals surface area contributed by atoms with Crippen molar-refractivity contribution >= 4 is 27.5 Å². The van der Waals surface area contributed by atoms with Gasteiger partial charge >= 0.3 is 0 Å². The number of hydrogen-bond acceptors (Lipinski definition) is 5. The molecule has 138 valence electrons. The van der Waals surface area contributed by atoms with Gasteiger partial charge < -0.3 is 9.64 Å². The Morgan fingerprint density at radius 3 is 2.56 bits per heavy atom. The van der Waals surface area contributed by atoms with Crippen molar-refractivity contribution in [3.05, 3.63) is 66.8 Å². The lowest BCUT2D eigenvalue weighted by Crippen LogP contribution is -2.35. The van der Waals surface area contributed by atoms with Gasteiger partial charge in [0.25, 0.3) is 5.91 Å². The normalized spacial score (nSPS) is 10.6. The molecule has 0 radical (unpaired) electrons. The second kappa shape index (κ2) is 8.60. The molecule has 2 aromatic heterocycles. The van der Waals surface area contributed by atoms with Crippen LogP contribution in [0.1, 0.15) is 5.56 Å². The maximum atomic E-state index is 12.4. The van der Waals surface area contributed by atoms with Crippen LogP contribution in [0.5, 0.6) is 5.88 Å². The number of rotatable bonds is 8. The number of carbonyl (C=O) groups is 1. The average Bonchev–Trinajstić information content (AvgIpc) is 3.11. The van der Waals surface area contributed by atoms with Crippen molar-refractivity contribution in [1.29, 1.82) is 0 Å². The van der Waals surface area contributed by atoms with Crippen LogP contribution in [0.2, 0.25) is 0 Å². The minimum atomic E-state index is -0.145. The summed E-state index contributed by atoms with van der Waals surface area (Å²) in [5.74, 6) is 0.274. The topological polar surface area (TPSA) is 55.3 Å². The number of amides is 1. The van der Waals surface area contributed by atoms with Crippen LogP contribution in [0.15, 0.2) is 61.3 Å². The molecule has 0 saturated heterocycles. The van der Waals surface area contributed by atoms with Crippen LogP contribution < -0.4 is 4.74 Å². The van der Waals surface area contributed by atoms with Gasteiger partial charge in [0.2, 0.25) is 5.88 Å². The Balaban J connectivity index is 1.87. The molecule has 27 heavy (non-hydrogen) atoms. The molecular weight excluding hydrogens is 358 g/mol. The molecule has 0 aliphatic heterocycles. The summed E-state index contributed by atoms with van der Waals surface area (Å²) < 4.78 is 5.79. The molecule has 0 aliphatic carbocycles. The number of fused-ring (bicyclic) bond motifs is 1. The summed E-state index contributed by atoms with van der Waals surface area (Å²) in [5, 5.41) is 2.87. The van der Waals surface area contributed by atoms with Crippen molar-refractivity contribution in [1.82, 2.24) is 14.9 Å². The second-order valence-corrected chi connectivity index (χ2v) is 6.90. The monoisotopic (exact) mass is 379 g/mol. The molecular formula is C21H21N3O2S. The standard InChI is InChI=1S/C21H21N3O2S/c1-4-10-24(11-5-2)18(25)12-26-20-19-17(13-27-21(19)23-14-22-20)16-8-6-15(3)7-9-16/h4-9,13-14H,1-2,10-12H2,3H3. The molecule has 1 amide bonds. The Morgan fingerprint density at radius 1 is 1.19 bits per heavy atom. The van der Waals surface area contributed by atoms with E-state index in [0.29, 0.717) is 19.0 Å². The number of thiophene rings is 1. The molecule has 3 rings (SSSR count). The molecule has 6 heteroatoms. The summed E-state index contributed by atoms with van der Waals surface area (Å²) in [4.78, 5) is 23.5. The van der Waals surface area contributed by atoms with Gasteiger partial charge in [0.1, 0.15) is 11.2 Å². The molecule has 0 saturated carbocycles. The fourth-order valence-corrected chi connectivity index (χ4v) is 3.62. The highest BCUT2D eigenvalue weighted by Gasteiger charge is 2.17. The number of aryl methyl sites for hydroxylation is 1. The quantitative estimate of drug-likeness (QED) is 0.549. The number of nitrogens with zero attached hydrogens (tertiary/aromatic N) is 3. The number of hydrogen-bond donors (Lipinski definition) is 0. The molecule has 0 unspecified atom stereocenters. The van der Waals surface area contributed by atoms with Crippen molar-refractivity contribution in [2.45, 2.75) is 6.92 Å².